The van der Waals surface area contributed by atoms with Crippen LogP contribution in [0.25, 0.3) is 0 Å². The molecule has 0 saturated carbocycles. The molecule has 7 nitrogen and oxygen atoms in total. The molecule has 1 aromatic carbocycles. The van der Waals surface area contributed by atoms with E-state index in [0.717, 1.165) is 16.2 Å². The molecule has 0 aromatic heterocycles. The number of imide groups is 1. The second-order valence-electron chi connectivity index (χ2n) is 8.09. The van der Waals surface area contributed by atoms with Crippen LogP contribution in [0.1, 0.15) is 32.4 Å². The van der Waals surface area contributed by atoms with Gasteiger partial charge in [-0.2, -0.15) is 0 Å². The second-order valence-corrected chi connectivity index (χ2v) is 8.09. The lowest BCUT2D eigenvalue weighted by Gasteiger charge is -2.36. The monoisotopic (exact) mass is 387 g/mol. The Kier molecular flexibility index (Phi) is 5.23. The van der Waals surface area contributed by atoms with Gasteiger partial charge in [-0.25, -0.2) is 0 Å². The highest BCUT2D eigenvalue weighted by molar-refractivity contribution is 6.09. The minimum absolute atomic E-state index is 0.215. The van der Waals surface area contributed by atoms with Crippen molar-refractivity contribution in [3.8, 4) is 0 Å². The second kappa shape index (κ2) is 7.20. The zero-order chi connectivity index (χ0) is 20.8. The smallest absolute Gasteiger partial charge is 0.327 e. The van der Waals surface area contributed by atoms with Crippen molar-refractivity contribution in [3.05, 3.63) is 29.8 Å². The quantitative estimate of drug-likeness (QED) is 0.611. The Balaban J connectivity index is 2.11. The number of likely N-dealkylation sites (tertiary alicyclic amines) is 1. The van der Waals surface area contributed by atoms with Crippen molar-refractivity contribution in [2.45, 2.75) is 32.4 Å². The zero-order valence-electron chi connectivity index (χ0n) is 17.4. The number of amides is 2. The molecule has 2 aliphatic rings. The third-order valence-electron chi connectivity index (χ3n) is 6.11. The van der Waals surface area contributed by atoms with Crippen molar-refractivity contribution in [2.75, 3.05) is 32.6 Å². The summed E-state index contributed by atoms with van der Waals surface area (Å²) in [5.41, 5.74) is 0.678. The van der Waals surface area contributed by atoms with Gasteiger partial charge in [-0.3, -0.25) is 24.6 Å². The first-order valence-corrected chi connectivity index (χ1v) is 9.70. The van der Waals surface area contributed by atoms with Crippen LogP contribution in [0.4, 0.5) is 5.69 Å². The van der Waals surface area contributed by atoms with Gasteiger partial charge in [0.1, 0.15) is 5.54 Å². The molecule has 2 fully saturated rings. The topological polar surface area (TPSA) is 79.0 Å². The van der Waals surface area contributed by atoms with Gasteiger partial charge in [0.05, 0.1) is 18.4 Å². The summed E-state index contributed by atoms with van der Waals surface area (Å²) in [6.07, 6.45) is 0. The van der Waals surface area contributed by atoms with Crippen molar-refractivity contribution in [1.29, 1.82) is 0 Å². The normalized spacial score (nSPS) is 29.4. The number of anilines is 1. The molecule has 0 spiro atoms. The summed E-state index contributed by atoms with van der Waals surface area (Å²) in [5.74, 6) is -2.68. The van der Waals surface area contributed by atoms with E-state index in [9.17, 15) is 14.4 Å². The summed E-state index contributed by atoms with van der Waals surface area (Å²) >= 11 is 0. The Labute approximate surface area is 166 Å². The van der Waals surface area contributed by atoms with Crippen LogP contribution in [-0.4, -0.2) is 56.0 Å². The number of ether oxygens (including phenoxy) is 1. The van der Waals surface area contributed by atoms with E-state index in [2.05, 4.69) is 5.32 Å². The van der Waals surface area contributed by atoms with Crippen LogP contribution in [0.3, 0.4) is 0 Å². The summed E-state index contributed by atoms with van der Waals surface area (Å²) in [6, 6.07) is 7.39. The maximum absolute atomic E-state index is 13.1. The molecule has 0 aliphatic carbocycles. The number of fused-ring (bicyclic) bond motifs is 1. The van der Waals surface area contributed by atoms with Gasteiger partial charge < -0.3 is 9.64 Å². The predicted octanol–water partition coefficient (Wildman–Crippen LogP) is 1.59. The fourth-order valence-electron chi connectivity index (χ4n) is 4.56. The molecule has 2 heterocycles. The summed E-state index contributed by atoms with van der Waals surface area (Å²) in [5, 5.41) is 3.38. The molecule has 2 amide bonds. The maximum Gasteiger partial charge on any atom is 0.327 e. The number of nitrogens with one attached hydrogen (secondary N) is 1. The van der Waals surface area contributed by atoms with Crippen molar-refractivity contribution >= 4 is 23.5 Å². The van der Waals surface area contributed by atoms with E-state index in [-0.39, 0.29) is 24.3 Å². The molecule has 1 aromatic rings. The van der Waals surface area contributed by atoms with E-state index in [1.807, 2.05) is 57.1 Å². The van der Waals surface area contributed by atoms with Gasteiger partial charge >= 0.3 is 5.97 Å². The van der Waals surface area contributed by atoms with E-state index < -0.39 is 29.4 Å². The standard InChI is InChI=1S/C21H29N3O4/c1-7-28-20(27)21(12(2)3)16-15(18(25)24(6)19(16)26)17(22-21)13-8-10-14(11-9-13)23(4)5/h8-12,15-17,22H,7H2,1-6H3. The molecule has 2 aliphatic heterocycles. The highest BCUT2D eigenvalue weighted by Crippen LogP contribution is 2.51. The molecule has 4 unspecified atom stereocenters. The Bertz CT molecular complexity index is 789. The minimum Gasteiger partial charge on any atom is -0.465 e. The van der Waals surface area contributed by atoms with Gasteiger partial charge in [-0.05, 0) is 30.5 Å². The van der Waals surface area contributed by atoms with Crippen LogP contribution in [0.15, 0.2) is 24.3 Å². The van der Waals surface area contributed by atoms with E-state index in [0.29, 0.717) is 0 Å². The fourth-order valence-corrected chi connectivity index (χ4v) is 4.56. The van der Waals surface area contributed by atoms with Crippen LogP contribution in [0.5, 0.6) is 0 Å². The lowest BCUT2D eigenvalue weighted by Crippen LogP contribution is -2.59. The fraction of sp³-hybridized carbons (Fsp3) is 0.571. The van der Waals surface area contributed by atoms with Gasteiger partial charge in [-0.15, -0.1) is 0 Å². The third-order valence-corrected chi connectivity index (χ3v) is 6.11. The lowest BCUT2D eigenvalue weighted by molar-refractivity contribution is -0.158. The number of carbonyl (C=O) groups is 3. The number of carbonyl (C=O) groups excluding carboxylic acids is 3. The zero-order valence-corrected chi connectivity index (χ0v) is 17.4. The highest BCUT2D eigenvalue weighted by Gasteiger charge is 2.69. The number of nitrogens with zero attached hydrogens (tertiary/aromatic N) is 2. The molecule has 7 heteroatoms. The van der Waals surface area contributed by atoms with E-state index in [1.165, 1.54) is 7.05 Å². The molecular formula is C21H29N3O4. The molecule has 3 rings (SSSR count). The highest BCUT2D eigenvalue weighted by atomic mass is 16.5. The molecule has 4 atom stereocenters. The van der Waals surface area contributed by atoms with Gasteiger partial charge in [-0.1, -0.05) is 26.0 Å². The first-order chi connectivity index (χ1) is 13.2. The van der Waals surface area contributed by atoms with E-state index in [4.69, 9.17) is 4.74 Å². The number of rotatable bonds is 5. The van der Waals surface area contributed by atoms with Crippen molar-refractivity contribution in [3.63, 3.8) is 0 Å². The number of esters is 1. The molecule has 28 heavy (non-hydrogen) atoms. The number of hydrogen-bond acceptors (Lipinski definition) is 6. The summed E-state index contributed by atoms with van der Waals surface area (Å²) in [6.45, 7) is 5.72. The largest absolute Gasteiger partial charge is 0.465 e. The molecule has 152 valence electrons. The predicted molar refractivity (Wildman–Crippen MR) is 106 cm³/mol. The first-order valence-electron chi connectivity index (χ1n) is 9.70. The van der Waals surface area contributed by atoms with Crippen molar-refractivity contribution < 1.29 is 19.1 Å². The Morgan fingerprint density at radius 2 is 1.82 bits per heavy atom. The summed E-state index contributed by atoms with van der Waals surface area (Å²) in [7, 11) is 5.40. The molecular weight excluding hydrogens is 358 g/mol. The maximum atomic E-state index is 13.1. The first kappa shape index (κ1) is 20.3. The average molecular weight is 387 g/mol. The number of hydrogen-bond donors (Lipinski definition) is 1. The van der Waals surface area contributed by atoms with Gasteiger partial charge in [0.2, 0.25) is 11.8 Å². The van der Waals surface area contributed by atoms with Crippen LogP contribution < -0.4 is 10.2 Å². The van der Waals surface area contributed by atoms with Crippen molar-refractivity contribution in [2.24, 2.45) is 17.8 Å². The molecule has 2 saturated heterocycles. The summed E-state index contributed by atoms with van der Waals surface area (Å²) < 4.78 is 5.36. The van der Waals surface area contributed by atoms with Gasteiger partial charge in [0.15, 0.2) is 0 Å². The average Bonchev–Trinajstić information content (AvgIpc) is 3.13. The van der Waals surface area contributed by atoms with Crippen LogP contribution >= 0.6 is 0 Å². The van der Waals surface area contributed by atoms with Crippen LogP contribution in [0, 0.1) is 17.8 Å². The van der Waals surface area contributed by atoms with Crippen LogP contribution in [-0.2, 0) is 19.1 Å². The molecule has 0 bridgehead atoms. The molecule has 0 radical (unpaired) electrons. The third kappa shape index (κ3) is 2.80. The Morgan fingerprint density at radius 1 is 1.21 bits per heavy atom. The lowest BCUT2D eigenvalue weighted by atomic mass is 9.73. The van der Waals surface area contributed by atoms with Crippen LogP contribution in [0.2, 0.25) is 0 Å². The van der Waals surface area contributed by atoms with Gasteiger partial charge in [0, 0.05) is 32.9 Å². The Hall–Kier alpha value is -2.41. The van der Waals surface area contributed by atoms with Gasteiger partial charge in [0.25, 0.3) is 0 Å². The minimum atomic E-state index is -1.23. The van der Waals surface area contributed by atoms with E-state index in [1.54, 1.807) is 6.92 Å². The molecule has 1 N–H and O–H groups in total. The summed E-state index contributed by atoms with van der Waals surface area (Å²) in [4.78, 5) is 42.2. The SMILES string of the molecule is CCOC(=O)C1(C(C)C)NC(c2ccc(N(C)C)cc2)C2C(=O)N(C)C(=O)C21. The van der Waals surface area contributed by atoms with Crippen molar-refractivity contribution in [1.82, 2.24) is 10.2 Å². The number of benzene rings is 1. The Morgan fingerprint density at radius 3 is 2.32 bits per heavy atom. The van der Waals surface area contributed by atoms with E-state index >= 15 is 0 Å².